The van der Waals surface area contributed by atoms with E-state index >= 15 is 0 Å². The van der Waals surface area contributed by atoms with Gasteiger partial charge in [-0.15, -0.1) is 0 Å². The minimum absolute atomic E-state index is 0.0876. The van der Waals surface area contributed by atoms with E-state index in [0.29, 0.717) is 19.6 Å². The van der Waals surface area contributed by atoms with E-state index < -0.39 is 5.97 Å². The van der Waals surface area contributed by atoms with Crippen molar-refractivity contribution < 1.29 is 14.6 Å². The maximum atomic E-state index is 10.7. The Kier molecular flexibility index (Phi) is 6.82. The smallest absolute Gasteiger partial charge is 0.303 e. The number of ether oxygens (including phenoxy) is 1. The van der Waals surface area contributed by atoms with Gasteiger partial charge in [0.05, 0.1) is 18.7 Å². The van der Waals surface area contributed by atoms with Crippen LogP contribution >= 0.6 is 15.9 Å². The summed E-state index contributed by atoms with van der Waals surface area (Å²) in [5.74, 6) is 0.0145. The van der Waals surface area contributed by atoms with Gasteiger partial charge in [0.2, 0.25) is 0 Å². The molecule has 0 aliphatic heterocycles. The summed E-state index contributed by atoms with van der Waals surface area (Å²) in [6.07, 6.45) is 2.56. The Bertz CT molecular complexity index is 781. The van der Waals surface area contributed by atoms with Crippen molar-refractivity contribution in [3.8, 4) is 5.75 Å². The number of carboxylic acids is 1. The minimum atomic E-state index is -0.811. The van der Waals surface area contributed by atoms with Crippen LogP contribution in [0.25, 0.3) is 0 Å². The second-order valence-corrected chi connectivity index (χ2v) is 6.92. The van der Waals surface area contributed by atoms with Gasteiger partial charge in [0.25, 0.3) is 0 Å². The molecule has 0 amide bonds. The second-order valence-electron chi connectivity index (χ2n) is 6.00. The predicted octanol–water partition coefficient (Wildman–Crippen LogP) is 4.36. The number of hydrogen-bond acceptors (Lipinski definition) is 3. The van der Waals surface area contributed by atoms with Gasteiger partial charge in [-0.25, -0.2) is 0 Å². The molecule has 6 heteroatoms. The second kappa shape index (κ2) is 8.85. The van der Waals surface area contributed by atoms with E-state index in [1.165, 1.54) is 5.57 Å². The van der Waals surface area contributed by atoms with E-state index in [1.807, 2.05) is 55.8 Å². The number of carbonyl (C=O) groups is 1. The third-order valence-electron chi connectivity index (χ3n) is 3.92. The van der Waals surface area contributed by atoms with Crippen molar-refractivity contribution in [3.05, 3.63) is 57.3 Å². The van der Waals surface area contributed by atoms with E-state index in [1.54, 1.807) is 0 Å². The number of benzene rings is 1. The Morgan fingerprint density at radius 1 is 1.40 bits per heavy atom. The minimum Gasteiger partial charge on any atom is -0.489 e. The van der Waals surface area contributed by atoms with Gasteiger partial charge >= 0.3 is 5.97 Å². The molecule has 0 aliphatic rings. The van der Waals surface area contributed by atoms with Crippen LogP contribution in [0.2, 0.25) is 0 Å². The Balaban J connectivity index is 2.18. The average molecular weight is 407 g/mol. The molecule has 0 spiro atoms. The molecule has 134 valence electrons. The van der Waals surface area contributed by atoms with Gasteiger partial charge < -0.3 is 9.84 Å². The molecule has 5 nitrogen and oxygen atoms in total. The van der Waals surface area contributed by atoms with E-state index in [9.17, 15) is 4.79 Å². The molecule has 0 fully saturated rings. The fraction of sp³-hybridized carbons (Fsp3) is 0.368. The first kappa shape index (κ1) is 19.2. The summed E-state index contributed by atoms with van der Waals surface area (Å²) in [5.41, 5.74) is 3.98. The largest absolute Gasteiger partial charge is 0.489 e. The molecule has 2 aromatic rings. The van der Waals surface area contributed by atoms with Gasteiger partial charge in [-0.3, -0.25) is 9.48 Å². The lowest BCUT2D eigenvalue weighted by molar-refractivity contribution is -0.136. The molecule has 0 saturated carbocycles. The molecule has 25 heavy (non-hydrogen) atoms. The summed E-state index contributed by atoms with van der Waals surface area (Å²) < 4.78 is 8.80. The summed E-state index contributed by atoms with van der Waals surface area (Å²) in [7, 11) is 0. The lowest BCUT2D eigenvalue weighted by Gasteiger charge is -2.13. The quantitative estimate of drug-likeness (QED) is 0.661. The first-order valence-electron chi connectivity index (χ1n) is 8.17. The average Bonchev–Trinajstić information content (AvgIpc) is 2.91. The van der Waals surface area contributed by atoms with Crippen LogP contribution in [0.1, 0.15) is 37.2 Å². The fourth-order valence-electron chi connectivity index (χ4n) is 2.34. The SMILES string of the molecule is CC=C(C)COc1ccc(Br)cc1Cn1nc(CCC(=O)O)cc1C. The van der Waals surface area contributed by atoms with Gasteiger partial charge in [0, 0.05) is 22.2 Å². The summed E-state index contributed by atoms with van der Waals surface area (Å²) in [4.78, 5) is 10.7. The first-order valence-corrected chi connectivity index (χ1v) is 8.96. The maximum Gasteiger partial charge on any atom is 0.303 e. The zero-order valence-electron chi connectivity index (χ0n) is 14.8. The number of allylic oxidation sites excluding steroid dienone is 1. The number of halogens is 1. The van der Waals surface area contributed by atoms with Crippen molar-refractivity contribution >= 4 is 21.9 Å². The molecule has 0 radical (unpaired) electrons. The number of rotatable bonds is 8. The van der Waals surface area contributed by atoms with Gasteiger partial charge in [0.1, 0.15) is 12.4 Å². The predicted molar refractivity (Wildman–Crippen MR) is 101 cm³/mol. The summed E-state index contributed by atoms with van der Waals surface area (Å²) >= 11 is 3.51. The van der Waals surface area contributed by atoms with Crippen LogP contribution < -0.4 is 4.74 Å². The molecule has 1 heterocycles. The Hall–Kier alpha value is -2.08. The number of aliphatic carboxylic acids is 1. The van der Waals surface area contributed by atoms with E-state index in [2.05, 4.69) is 21.0 Å². The third-order valence-corrected chi connectivity index (χ3v) is 4.41. The number of hydrogen-bond donors (Lipinski definition) is 1. The van der Waals surface area contributed by atoms with Crippen LogP contribution in [0.4, 0.5) is 0 Å². The van der Waals surface area contributed by atoms with Crippen LogP contribution in [-0.2, 0) is 17.8 Å². The Labute approximate surface area is 156 Å². The molecule has 0 unspecified atom stereocenters. The number of nitrogens with zero attached hydrogens (tertiary/aromatic N) is 2. The van der Waals surface area contributed by atoms with E-state index in [-0.39, 0.29) is 6.42 Å². The number of aromatic nitrogens is 2. The highest BCUT2D eigenvalue weighted by atomic mass is 79.9. The standard InChI is InChI=1S/C19H23BrN2O3/c1-4-13(2)12-25-18-7-5-16(20)10-15(18)11-22-14(3)9-17(21-22)6-8-19(23)24/h4-5,7,9-10H,6,8,11-12H2,1-3H3,(H,23,24). The third kappa shape index (κ3) is 5.74. The van der Waals surface area contributed by atoms with Gasteiger partial charge in [-0.1, -0.05) is 22.0 Å². The molecule has 1 aromatic heterocycles. The molecular weight excluding hydrogens is 384 g/mol. The van der Waals surface area contributed by atoms with Crippen LogP contribution in [0, 0.1) is 6.92 Å². The molecule has 1 aromatic carbocycles. The van der Waals surface area contributed by atoms with Crippen molar-refractivity contribution in [2.75, 3.05) is 6.61 Å². The Morgan fingerprint density at radius 2 is 2.16 bits per heavy atom. The molecule has 1 N–H and O–H groups in total. The van der Waals surface area contributed by atoms with E-state index in [4.69, 9.17) is 9.84 Å². The number of aryl methyl sites for hydroxylation is 2. The zero-order chi connectivity index (χ0) is 18.4. The van der Waals surface area contributed by atoms with Crippen molar-refractivity contribution in [3.63, 3.8) is 0 Å². The van der Waals surface area contributed by atoms with Crippen molar-refractivity contribution in [2.45, 2.75) is 40.2 Å². The summed E-state index contributed by atoms with van der Waals surface area (Å²) in [6.45, 7) is 7.12. The highest BCUT2D eigenvalue weighted by molar-refractivity contribution is 9.10. The molecule has 0 atom stereocenters. The topological polar surface area (TPSA) is 64.4 Å². The summed E-state index contributed by atoms with van der Waals surface area (Å²) in [6, 6.07) is 7.87. The van der Waals surface area contributed by atoms with Crippen molar-refractivity contribution in [1.82, 2.24) is 9.78 Å². The van der Waals surface area contributed by atoms with Gasteiger partial charge in [-0.05, 0) is 50.6 Å². The normalized spacial score (nSPS) is 11.6. The number of carboxylic acid groups (broad SMARTS) is 1. The van der Waals surface area contributed by atoms with Crippen molar-refractivity contribution in [2.24, 2.45) is 0 Å². The first-order chi connectivity index (χ1) is 11.9. The Morgan fingerprint density at radius 3 is 2.84 bits per heavy atom. The van der Waals surface area contributed by atoms with E-state index in [0.717, 1.165) is 27.2 Å². The molecule has 0 aliphatic carbocycles. The van der Waals surface area contributed by atoms with Crippen LogP contribution in [0.15, 0.2) is 40.4 Å². The zero-order valence-corrected chi connectivity index (χ0v) is 16.3. The molecule has 0 bridgehead atoms. The van der Waals surface area contributed by atoms with Crippen LogP contribution in [0.5, 0.6) is 5.75 Å². The van der Waals surface area contributed by atoms with Crippen LogP contribution in [-0.4, -0.2) is 27.5 Å². The molecule has 0 saturated heterocycles. The molecule has 2 rings (SSSR count). The summed E-state index contributed by atoms with van der Waals surface area (Å²) in [5, 5.41) is 13.3. The highest BCUT2D eigenvalue weighted by Crippen LogP contribution is 2.25. The van der Waals surface area contributed by atoms with Gasteiger partial charge in [0.15, 0.2) is 0 Å². The highest BCUT2D eigenvalue weighted by Gasteiger charge is 2.11. The monoisotopic (exact) mass is 406 g/mol. The lowest BCUT2D eigenvalue weighted by atomic mass is 10.2. The molecular formula is C19H23BrN2O3. The maximum absolute atomic E-state index is 10.7. The lowest BCUT2D eigenvalue weighted by Crippen LogP contribution is -2.08. The fourth-order valence-corrected chi connectivity index (χ4v) is 2.75. The van der Waals surface area contributed by atoms with Crippen LogP contribution in [0.3, 0.4) is 0 Å². The van der Waals surface area contributed by atoms with Crippen molar-refractivity contribution in [1.29, 1.82) is 0 Å². The van der Waals surface area contributed by atoms with Gasteiger partial charge in [-0.2, -0.15) is 5.10 Å².